The number of amides is 1. The Hall–Kier alpha value is -2.24. The fraction of sp³-hybridized carbons (Fsp3) is 0.222. The zero-order valence-electron chi connectivity index (χ0n) is 13.5. The van der Waals surface area contributed by atoms with Gasteiger partial charge in [0.2, 0.25) is 0 Å². The number of esters is 1. The minimum atomic E-state index is -0.648. The third-order valence-electron chi connectivity index (χ3n) is 3.24. The summed E-state index contributed by atoms with van der Waals surface area (Å²) in [5.41, 5.74) is 0.858. The topological polar surface area (TPSA) is 64.6 Å². The van der Waals surface area contributed by atoms with Crippen LogP contribution >= 0.6 is 23.2 Å². The Morgan fingerprint density at radius 1 is 1.04 bits per heavy atom. The molecule has 2 rings (SSSR count). The number of rotatable bonds is 7. The summed E-state index contributed by atoms with van der Waals surface area (Å²) in [6.07, 6.45) is 0. The number of ether oxygens (including phenoxy) is 2. The van der Waals surface area contributed by atoms with E-state index in [1.807, 2.05) is 13.0 Å². The van der Waals surface area contributed by atoms with E-state index in [0.29, 0.717) is 15.8 Å². The molecular formula is C18H17Cl2NO4. The van der Waals surface area contributed by atoms with Crippen molar-refractivity contribution in [1.82, 2.24) is 5.32 Å². The molecule has 25 heavy (non-hydrogen) atoms. The van der Waals surface area contributed by atoms with E-state index >= 15 is 0 Å². The summed E-state index contributed by atoms with van der Waals surface area (Å²) in [5.74, 6) is -0.613. The number of carbonyl (C=O) groups excluding carboxylic acids is 2. The molecule has 0 fully saturated rings. The molecule has 0 aromatic heterocycles. The van der Waals surface area contributed by atoms with Crippen LogP contribution in [0.25, 0.3) is 0 Å². The Balaban J connectivity index is 1.73. The van der Waals surface area contributed by atoms with Gasteiger partial charge in [0.25, 0.3) is 5.91 Å². The number of hydrogen-bond donors (Lipinski definition) is 1. The van der Waals surface area contributed by atoms with E-state index < -0.39 is 11.9 Å². The summed E-state index contributed by atoms with van der Waals surface area (Å²) in [4.78, 5) is 23.5. The van der Waals surface area contributed by atoms with Crippen molar-refractivity contribution in [1.29, 1.82) is 0 Å². The van der Waals surface area contributed by atoms with E-state index in [0.717, 1.165) is 5.56 Å². The van der Waals surface area contributed by atoms with E-state index in [4.69, 9.17) is 32.7 Å². The highest BCUT2D eigenvalue weighted by Crippen LogP contribution is 2.18. The third kappa shape index (κ3) is 6.64. The first-order valence-corrected chi connectivity index (χ1v) is 8.28. The molecule has 0 radical (unpaired) electrons. The minimum absolute atomic E-state index is 0.257. The van der Waals surface area contributed by atoms with Crippen LogP contribution in [0.3, 0.4) is 0 Å². The lowest BCUT2D eigenvalue weighted by atomic mass is 10.1. The Bertz CT molecular complexity index is 751. The maximum Gasteiger partial charge on any atom is 0.344 e. The highest BCUT2D eigenvalue weighted by Gasteiger charge is 2.12. The SMILES string of the molecule is C[C@@H](NC(=O)COC(=O)COc1cccc(Cl)c1)c1cccc(Cl)c1. The first-order chi connectivity index (χ1) is 11.9. The van der Waals surface area contributed by atoms with Gasteiger partial charge in [-0.3, -0.25) is 4.79 Å². The van der Waals surface area contributed by atoms with Crippen molar-refractivity contribution in [2.75, 3.05) is 13.2 Å². The molecule has 0 aliphatic carbocycles. The Morgan fingerprint density at radius 3 is 2.40 bits per heavy atom. The summed E-state index contributed by atoms with van der Waals surface area (Å²) in [6, 6.07) is 13.5. The number of nitrogens with one attached hydrogen (secondary N) is 1. The van der Waals surface area contributed by atoms with Crippen molar-refractivity contribution in [2.24, 2.45) is 0 Å². The van der Waals surface area contributed by atoms with E-state index in [-0.39, 0.29) is 19.3 Å². The summed E-state index contributed by atoms with van der Waals surface area (Å²) < 4.78 is 10.1. The molecule has 1 amide bonds. The second-order valence-electron chi connectivity index (χ2n) is 5.25. The molecular weight excluding hydrogens is 365 g/mol. The molecule has 0 aliphatic heterocycles. The van der Waals surface area contributed by atoms with Crippen molar-refractivity contribution < 1.29 is 19.1 Å². The van der Waals surface area contributed by atoms with Gasteiger partial charge in [0, 0.05) is 10.0 Å². The average molecular weight is 382 g/mol. The van der Waals surface area contributed by atoms with Gasteiger partial charge in [-0.2, -0.15) is 0 Å². The first kappa shape index (κ1) is 19.1. The number of hydrogen-bond acceptors (Lipinski definition) is 4. The molecule has 2 aromatic rings. The molecule has 2 aromatic carbocycles. The molecule has 5 nitrogen and oxygen atoms in total. The largest absolute Gasteiger partial charge is 0.482 e. The van der Waals surface area contributed by atoms with Crippen molar-refractivity contribution in [3.05, 3.63) is 64.1 Å². The van der Waals surface area contributed by atoms with E-state index in [9.17, 15) is 9.59 Å². The lowest BCUT2D eigenvalue weighted by Crippen LogP contribution is -2.31. The van der Waals surface area contributed by atoms with Crippen molar-refractivity contribution in [3.8, 4) is 5.75 Å². The lowest BCUT2D eigenvalue weighted by Gasteiger charge is -2.14. The van der Waals surface area contributed by atoms with Crippen LogP contribution in [0.4, 0.5) is 0 Å². The predicted octanol–water partition coefficient (Wildman–Crippen LogP) is 3.79. The van der Waals surface area contributed by atoms with E-state index in [2.05, 4.69) is 5.32 Å². The van der Waals surface area contributed by atoms with Gasteiger partial charge < -0.3 is 14.8 Å². The molecule has 0 heterocycles. The van der Waals surface area contributed by atoms with Gasteiger partial charge in [-0.1, -0.05) is 41.4 Å². The number of halogens is 2. The third-order valence-corrected chi connectivity index (χ3v) is 3.71. The van der Waals surface area contributed by atoms with Gasteiger partial charge in [0.1, 0.15) is 5.75 Å². The van der Waals surface area contributed by atoms with Gasteiger partial charge in [-0.05, 0) is 42.8 Å². The fourth-order valence-electron chi connectivity index (χ4n) is 2.03. The van der Waals surface area contributed by atoms with Crippen molar-refractivity contribution in [2.45, 2.75) is 13.0 Å². The van der Waals surface area contributed by atoms with Crippen LogP contribution in [0.1, 0.15) is 18.5 Å². The van der Waals surface area contributed by atoms with Gasteiger partial charge in [0.05, 0.1) is 6.04 Å². The van der Waals surface area contributed by atoms with Crippen molar-refractivity contribution >= 4 is 35.1 Å². The van der Waals surface area contributed by atoms with Crippen LogP contribution in [-0.4, -0.2) is 25.1 Å². The summed E-state index contributed by atoms with van der Waals surface area (Å²) in [7, 11) is 0. The van der Waals surface area contributed by atoms with Gasteiger partial charge in [-0.25, -0.2) is 4.79 Å². The number of carbonyl (C=O) groups is 2. The molecule has 0 bridgehead atoms. The zero-order chi connectivity index (χ0) is 18.2. The molecule has 0 spiro atoms. The monoisotopic (exact) mass is 381 g/mol. The lowest BCUT2D eigenvalue weighted by molar-refractivity contribution is -0.150. The van der Waals surface area contributed by atoms with Gasteiger partial charge in [0.15, 0.2) is 13.2 Å². The fourth-order valence-corrected chi connectivity index (χ4v) is 2.41. The maximum absolute atomic E-state index is 11.9. The smallest absolute Gasteiger partial charge is 0.344 e. The highest BCUT2D eigenvalue weighted by molar-refractivity contribution is 6.30. The first-order valence-electron chi connectivity index (χ1n) is 7.53. The molecule has 0 unspecified atom stereocenters. The normalized spacial score (nSPS) is 11.5. The van der Waals surface area contributed by atoms with E-state index in [1.165, 1.54) is 0 Å². The van der Waals surface area contributed by atoms with Crippen LogP contribution in [0, 0.1) is 0 Å². The quantitative estimate of drug-likeness (QED) is 0.740. The van der Waals surface area contributed by atoms with Crippen LogP contribution in [-0.2, 0) is 14.3 Å². The Kier molecular flexibility index (Phi) is 7.10. The predicted molar refractivity (Wildman–Crippen MR) is 95.9 cm³/mol. The van der Waals surface area contributed by atoms with Crippen LogP contribution in [0.5, 0.6) is 5.75 Å². The van der Waals surface area contributed by atoms with Gasteiger partial charge >= 0.3 is 5.97 Å². The van der Waals surface area contributed by atoms with Crippen LogP contribution < -0.4 is 10.1 Å². The average Bonchev–Trinajstić information content (AvgIpc) is 2.58. The minimum Gasteiger partial charge on any atom is -0.482 e. The second kappa shape index (κ2) is 9.30. The summed E-state index contributed by atoms with van der Waals surface area (Å²) >= 11 is 11.7. The van der Waals surface area contributed by atoms with Crippen LogP contribution in [0.15, 0.2) is 48.5 Å². The summed E-state index contributed by atoms with van der Waals surface area (Å²) in [6.45, 7) is 1.12. The molecule has 132 valence electrons. The Labute approximate surface area is 155 Å². The molecule has 1 atom stereocenters. The maximum atomic E-state index is 11.9. The van der Waals surface area contributed by atoms with Crippen LogP contribution in [0.2, 0.25) is 10.0 Å². The summed E-state index contributed by atoms with van der Waals surface area (Å²) in [5, 5.41) is 3.81. The zero-order valence-corrected chi connectivity index (χ0v) is 15.0. The second-order valence-corrected chi connectivity index (χ2v) is 6.12. The van der Waals surface area contributed by atoms with Gasteiger partial charge in [-0.15, -0.1) is 0 Å². The standard InChI is InChI=1S/C18H17Cl2NO4/c1-12(13-4-2-5-14(19)8-13)21-17(22)10-25-18(23)11-24-16-7-3-6-15(20)9-16/h2-9,12H,10-11H2,1H3,(H,21,22)/t12-/m1/s1. The molecule has 7 heteroatoms. The van der Waals surface area contributed by atoms with Crippen molar-refractivity contribution in [3.63, 3.8) is 0 Å². The number of benzene rings is 2. The molecule has 1 N–H and O–H groups in total. The molecule has 0 aliphatic rings. The highest BCUT2D eigenvalue weighted by atomic mass is 35.5. The van der Waals surface area contributed by atoms with E-state index in [1.54, 1.807) is 42.5 Å². The Morgan fingerprint density at radius 2 is 1.72 bits per heavy atom. The molecule has 0 saturated carbocycles. The molecule has 0 saturated heterocycles.